The summed E-state index contributed by atoms with van der Waals surface area (Å²) < 4.78 is 29.7. The fourth-order valence-electron chi connectivity index (χ4n) is 1.77. The van der Waals surface area contributed by atoms with E-state index in [2.05, 4.69) is 4.83 Å². The van der Waals surface area contributed by atoms with E-state index in [0.29, 0.717) is 31.9 Å². The molecule has 0 saturated carbocycles. The summed E-state index contributed by atoms with van der Waals surface area (Å²) in [4.78, 5) is 2.33. The number of aliphatic hydroxyl groups excluding tert-OH is 1. The Morgan fingerprint density at radius 2 is 1.90 bits per heavy atom. The molecule has 1 aliphatic heterocycles. The first-order valence-corrected chi connectivity index (χ1v) is 8.12. The molecular formula is C11H14Cl2N2O4S. The van der Waals surface area contributed by atoms with Gasteiger partial charge in [0.2, 0.25) is 0 Å². The minimum absolute atomic E-state index is 0.00737. The molecular weight excluding hydrogens is 327 g/mol. The number of nitrogens with one attached hydrogen (secondary N) is 1. The Hall–Kier alpha value is -0.410. The molecule has 9 heteroatoms. The largest absolute Gasteiger partial charge is 0.392 e. The van der Waals surface area contributed by atoms with E-state index in [1.165, 1.54) is 12.1 Å². The monoisotopic (exact) mass is 340 g/mol. The van der Waals surface area contributed by atoms with Gasteiger partial charge < -0.3 is 9.84 Å². The molecule has 112 valence electrons. The zero-order valence-corrected chi connectivity index (χ0v) is 12.8. The summed E-state index contributed by atoms with van der Waals surface area (Å²) in [5.41, 5.74) is 0.304. The van der Waals surface area contributed by atoms with Crippen LogP contribution in [0.1, 0.15) is 5.56 Å². The molecule has 0 bridgehead atoms. The van der Waals surface area contributed by atoms with Gasteiger partial charge in [-0.1, -0.05) is 23.2 Å². The molecule has 0 aromatic heterocycles. The maximum absolute atomic E-state index is 12.3. The Labute approximate surface area is 127 Å². The number of halogens is 2. The molecule has 1 fully saturated rings. The smallest absolute Gasteiger partial charge is 0.254 e. The number of sulfonamides is 1. The average Bonchev–Trinajstić information content (AvgIpc) is 2.39. The molecule has 0 spiro atoms. The number of benzene rings is 1. The third-order valence-corrected chi connectivity index (χ3v) is 5.01. The average molecular weight is 341 g/mol. The predicted molar refractivity (Wildman–Crippen MR) is 75.1 cm³/mol. The molecule has 20 heavy (non-hydrogen) atoms. The van der Waals surface area contributed by atoms with Crippen LogP contribution in [-0.2, 0) is 21.4 Å². The van der Waals surface area contributed by atoms with Crippen molar-refractivity contribution in [3.05, 3.63) is 27.7 Å². The van der Waals surface area contributed by atoms with E-state index in [0.717, 1.165) is 0 Å². The predicted octanol–water partition coefficient (Wildman–Crippen LogP) is 1.01. The lowest BCUT2D eigenvalue weighted by Crippen LogP contribution is -2.48. The molecule has 0 unspecified atom stereocenters. The van der Waals surface area contributed by atoms with Crippen LogP contribution >= 0.6 is 23.2 Å². The van der Waals surface area contributed by atoms with Crippen molar-refractivity contribution < 1.29 is 18.3 Å². The Balaban J connectivity index is 2.28. The number of hydrogen-bond donors (Lipinski definition) is 2. The lowest BCUT2D eigenvalue weighted by molar-refractivity contribution is 0.0272. The molecule has 2 N–H and O–H groups in total. The van der Waals surface area contributed by atoms with Crippen LogP contribution < -0.4 is 4.83 Å². The summed E-state index contributed by atoms with van der Waals surface area (Å²) in [6.07, 6.45) is 0. The number of hydrogen-bond acceptors (Lipinski definition) is 5. The van der Waals surface area contributed by atoms with Crippen LogP contribution in [0.4, 0.5) is 0 Å². The van der Waals surface area contributed by atoms with Crippen molar-refractivity contribution in [3.8, 4) is 0 Å². The first-order valence-electron chi connectivity index (χ1n) is 5.88. The number of aliphatic hydroxyl groups is 1. The van der Waals surface area contributed by atoms with Gasteiger partial charge in [0.05, 0.1) is 24.8 Å². The maximum Gasteiger partial charge on any atom is 0.254 e. The Kier molecular flexibility index (Phi) is 5.25. The van der Waals surface area contributed by atoms with Gasteiger partial charge in [-0.05, 0) is 17.7 Å². The van der Waals surface area contributed by atoms with E-state index in [1.807, 2.05) is 0 Å². The van der Waals surface area contributed by atoms with Crippen LogP contribution in [0.2, 0.25) is 10.0 Å². The van der Waals surface area contributed by atoms with E-state index in [9.17, 15) is 8.42 Å². The van der Waals surface area contributed by atoms with E-state index < -0.39 is 10.0 Å². The van der Waals surface area contributed by atoms with E-state index in [4.69, 9.17) is 33.0 Å². The molecule has 0 radical (unpaired) electrons. The number of ether oxygens (including phenoxy) is 1. The first kappa shape index (κ1) is 16.0. The van der Waals surface area contributed by atoms with Crippen molar-refractivity contribution in [2.75, 3.05) is 26.3 Å². The van der Waals surface area contributed by atoms with Crippen molar-refractivity contribution in [2.24, 2.45) is 0 Å². The third kappa shape index (κ3) is 3.62. The van der Waals surface area contributed by atoms with Crippen LogP contribution in [-0.4, -0.2) is 44.8 Å². The van der Waals surface area contributed by atoms with Crippen molar-refractivity contribution in [3.63, 3.8) is 0 Å². The zero-order chi connectivity index (χ0) is 14.8. The van der Waals surface area contributed by atoms with Crippen LogP contribution in [0.5, 0.6) is 0 Å². The molecule has 0 aliphatic carbocycles. The second-order valence-electron chi connectivity index (χ2n) is 4.23. The van der Waals surface area contributed by atoms with Gasteiger partial charge in [0.15, 0.2) is 0 Å². The number of morpholine rings is 1. The molecule has 6 nitrogen and oxygen atoms in total. The number of rotatable bonds is 4. The van der Waals surface area contributed by atoms with Gasteiger partial charge in [0, 0.05) is 18.1 Å². The second kappa shape index (κ2) is 6.57. The SMILES string of the molecule is O=S(=O)(NN1CCOCC1)c1cc(CO)c(Cl)cc1Cl. The van der Waals surface area contributed by atoms with Gasteiger partial charge in [-0.15, -0.1) is 4.83 Å². The lowest BCUT2D eigenvalue weighted by atomic mass is 10.2. The Morgan fingerprint density at radius 1 is 1.25 bits per heavy atom. The van der Waals surface area contributed by atoms with E-state index in [1.54, 1.807) is 5.01 Å². The number of hydrazine groups is 1. The van der Waals surface area contributed by atoms with Gasteiger partial charge in [-0.25, -0.2) is 13.4 Å². The normalized spacial score (nSPS) is 17.4. The van der Waals surface area contributed by atoms with Crippen molar-refractivity contribution in [1.82, 2.24) is 9.84 Å². The van der Waals surface area contributed by atoms with E-state index in [-0.39, 0.29) is 21.5 Å². The van der Waals surface area contributed by atoms with Crippen LogP contribution in [0.25, 0.3) is 0 Å². The maximum atomic E-state index is 12.3. The molecule has 0 atom stereocenters. The van der Waals surface area contributed by atoms with Gasteiger partial charge in [-0.2, -0.15) is 0 Å². The number of nitrogens with zero attached hydrogens (tertiary/aromatic N) is 1. The minimum Gasteiger partial charge on any atom is -0.392 e. The third-order valence-electron chi connectivity index (χ3n) is 2.82. The van der Waals surface area contributed by atoms with Crippen molar-refractivity contribution in [1.29, 1.82) is 0 Å². The quantitative estimate of drug-likeness (QED) is 0.855. The van der Waals surface area contributed by atoms with Gasteiger partial charge in [-0.3, -0.25) is 0 Å². The molecule has 2 rings (SSSR count). The second-order valence-corrected chi connectivity index (χ2v) is 6.67. The Morgan fingerprint density at radius 3 is 2.50 bits per heavy atom. The van der Waals surface area contributed by atoms with Crippen molar-refractivity contribution >= 4 is 33.2 Å². The fourth-order valence-corrected chi connectivity index (χ4v) is 3.75. The summed E-state index contributed by atoms with van der Waals surface area (Å²) in [7, 11) is -3.82. The van der Waals surface area contributed by atoms with Crippen LogP contribution in [0.15, 0.2) is 17.0 Å². The lowest BCUT2D eigenvalue weighted by Gasteiger charge is -2.27. The molecule has 1 aromatic carbocycles. The van der Waals surface area contributed by atoms with E-state index >= 15 is 0 Å². The fraction of sp³-hybridized carbons (Fsp3) is 0.455. The summed E-state index contributed by atoms with van der Waals surface area (Å²) in [5, 5.41) is 10.9. The summed E-state index contributed by atoms with van der Waals surface area (Å²) >= 11 is 11.8. The highest BCUT2D eigenvalue weighted by Gasteiger charge is 2.23. The standard InChI is InChI=1S/C11H14Cl2N2O4S/c12-9-6-10(13)11(5-8(9)7-16)20(17,18)14-15-1-3-19-4-2-15/h5-6,14,16H,1-4,7H2. The highest BCUT2D eigenvalue weighted by Crippen LogP contribution is 2.28. The highest BCUT2D eigenvalue weighted by atomic mass is 35.5. The summed E-state index contributed by atoms with van der Waals surface area (Å²) in [6, 6.07) is 2.58. The molecule has 1 aliphatic rings. The summed E-state index contributed by atoms with van der Waals surface area (Å²) in [5.74, 6) is 0. The molecule has 1 aromatic rings. The summed E-state index contributed by atoms with van der Waals surface area (Å²) in [6.45, 7) is 1.46. The highest BCUT2D eigenvalue weighted by molar-refractivity contribution is 7.89. The minimum atomic E-state index is -3.82. The molecule has 1 heterocycles. The zero-order valence-electron chi connectivity index (χ0n) is 10.5. The van der Waals surface area contributed by atoms with Gasteiger partial charge >= 0.3 is 0 Å². The van der Waals surface area contributed by atoms with Crippen LogP contribution in [0, 0.1) is 0 Å². The van der Waals surface area contributed by atoms with Crippen molar-refractivity contribution in [2.45, 2.75) is 11.5 Å². The molecule has 1 saturated heterocycles. The van der Waals surface area contributed by atoms with Gasteiger partial charge in [0.25, 0.3) is 10.0 Å². The first-order chi connectivity index (χ1) is 9.44. The Bertz CT molecular complexity index is 588. The van der Waals surface area contributed by atoms with Crippen LogP contribution in [0.3, 0.4) is 0 Å². The topological polar surface area (TPSA) is 78.9 Å². The molecule has 0 amide bonds. The van der Waals surface area contributed by atoms with Gasteiger partial charge in [0.1, 0.15) is 4.90 Å².